The summed E-state index contributed by atoms with van der Waals surface area (Å²) < 4.78 is 46.9. The molecule has 0 bridgehead atoms. The fourth-order valence-electron chi connectivity index (χ4n) is 2.36. The molecule has 25 heavy (non-hydrogen) atoms. The highest BCUT2D eigenvalue weighted by Gasteiger charge is 2.30. The Kier molecular flexibility index (Phi) is 7.38. The summed E-state index contributed by atoms with van der Waals surface area (Å²) in [5.74, 6) is -0.434. The highest BCUT2D eigenvalue weighted by Crippen LogP contribution is 2.20. The second-order valence-electron chi connectivity index (χ2n) is 5.41. The molecule has 142 valence electrons. The molecule has 1 aromatic rings. The van der Waals surface area contributed by atoms with Crippen molar-refractivity contribution in [2.75, 3.05) is 66.8 Å². The molecular weight excluding hydrogens is 352 g/mol. The minimum atomic E-state index is -3.77. The van der Waals surface area contributed by atoms with E-state index >= 15 is 0 Å². The summed E-state index contributed by atoms with van der Waals surface area (Å²) in [6.07, 6.45) is 0. The molecule has 0 aliphatic carbocycles. The van der Waals surface area contributed by atoms with Crippen molar-refractivity contribution in [2.45, 2.75) is 5.09 Å². The van der Waals surface area contributed by atoms with Crippen molar-refractivity contribution in [3.8, 4) is 0 Å². The summed E-state index contributed by atoms with van der Waals surface area (Å²) in [6, 6.07) is 2.69. The summed E-state index contributed by atoms with van der Waals surface area (Å²) >= 11 is 0. The Labute approximate surface area is 147 Å². The Bertz CT molecular complexity index is 645. The number of hydrogen-bond acceptors (Lipinski definition) is 7. The van der Waals surface area contributed by atoms with Crippen molar-refractivity contribution in [1.82, 2.24) is 9.21 Å². The van der Waals surface area contributed by atoms with Crippen molar-refractivity contribution in [3.05, 3.63) is 17.9 Å². The summed E-state index contributed by atoms with van der Waals surface area (Å²) in [7, 11) is -0.687. The number of sulfonamides is 1. The number of rotatable bonds is 9. The van der Waals surface area contributed by atoms with Crippen LogP contribution in [0, 0.1) is 0 Å². The van der Waals surface area contributed by atoms with Crippen LogP contribution in [0.4, 0.5) is 0 Å². The van der Waals surface area contributed by atoms with E-state index in [0.29, 0.717) is 39.5 Å². The summed E-state index contributed by atoms with van der Waals surface area (Å²) in [6.45, 7) is 2.63. The van der Waals surface area contributed by atoms with Gasteiger partial charge in [-0.2, -0.15) is 4.31 Å². The monoisotopic (exact) mass is 376 g/mol. The molecule has 0 saturated carbocycles. The van der Waals surface area contributed by atoms with Gasteiger partial charge in [0.05, 0.1) is 26.4 Å². The predicted octanol–water partition coefficient (Wildman–Crippen LogP) is 0.0355. The van der Waals surface area contributed by atoms with Crippen LogP contribution in [0.15, 0.2) is 21.6 Å². The van der Waals surface area contributed by atoms with Crippen LogP contribution >= 0.6 is 0 Å². The quantitative estimate of drug-likeness (QED) is 0.600. The molecule has 0 spiro atoms. The Hall–Kier alpha value is -1.46. The number of carbonyl (C=O) groups is 1. The van der Waals surface area contributed by atoms with Gasteiger partial charge in [-0.25, -0.2) is 8.42 Å². The number of furan rings is 1. The van der Waals surface area contributed by atoms with Gasteiger partial charge in [-0.3, -0.25) is 4.79 Å². The summed E-state index contributed by atoms with van der Waals surface area (Å²) in [4.78, 5) is 14.1. The minimum Gasteiger partial charge on any atom is -0.438 e. The van der Waals surface area contributed by atoms with E-state index in [1.54, 1.807) is 14.2 Å². The number of methoxy groups -OCH3 is 2. The molecule has 1 aliphatic heterocycles. The molecule has 9 nitrogen and oxygen atoms in total. The molecule has 1 saturated heterocycles. The van der Waals surface area contributed by atoms with E-state index in [0.717, 1.165) is 0 Å². The van der Waals surface area contributed by atoms with Crippen LogP contribution in [0.2, 0.25) is 0 Å². The van der Waals surface area contributed by atoms with E-state index in [1.165, 1.54) is 21.3 Å². The molecular formula is C15H24N2O7S. The third-order valence-electron chi connectivity index (χ3n) is 3.77. The lowest BCUT2D eigenvalue weighted by Crippen LogP contribution is -2.40. The number of amides is 1. The zero-order valence-corrected chi connectivity index (χ0v) is 15.3. The normalized spacial score (nSPS) is 16.1. The van der Waals surface area contributed by atoms with Gasteiger partial charge in [-0.1, -0.05) is 0 Å². The van der Waals surface area contributed by atoms with Crippen molar-refractivity contribution in [3.63, 3.8) is 0 Å². The van der Waals surface area contributed by atoms with E-state index in [2.05, 4.69) is 0 Å². The van der Waals surface area contributed by atoms with Gasteiger partial charge in [0.15, 0.2) is 5.76 Å². The first kappa shape index (κ1) is 19.9. The topological polar surface area (TPSA) is 98.5 Å². The van der Waals surface area contributed by atoms with Gasteiger partial charge in [-0.05, 0) is 12.1 Å². The Morgan fingerprint density at radius 1 is 1.16 bits per heavy atom. The van der Waals surface area contributed by atoms with Gasteiger partial charge in [0.2, 0.25) is 5.09 Å². The van der Waals surface area contributed by atoms with Crippen molar-refractivity contribution in [2.24, 2.45) is 0 Å². The van der Waals surface area contributed by atoms with Gasteiger partial charge in [0.1, 0.15) is 0 Å². The first-order valence-electron chi connectivity index (χ1n) is 7.95. The van der Waals surface area contributed by atoms with Crippen LogP contribution in [-0.4, -0.2) is 90.4 Å². The molecule has 0 unspecified atom stereocenters. The molecule has 0 atom stereocenters. The van der Waals surface area contributed by atoms with Crippen LogP contribution in [0.3, 0.4) is 0 Å². The molecule has 0 radical (unpaired) electrons. The predicted molar refractivity (Wildman–Crippen MR) is 87.9 cm³/mol. The largest absolute Gasteiger partial charge is 0.438 e. The zero-order chi connectivity index (χ0) is 18.3. The molecule has 0 aromatic carbocycles. The SMILES string of the molecule is COCCN(CCOC)C(=O)c1ccc(S(=O)(=O)N2CCOCC2)o1. The first-order chi connectivity index (χ1) is 12.0. The number of morpholine rings is 1. The minimum absolute atomic E-state index is 0.0287. The standard InChI is InChI=1S/C15H24N2O7S/c1-21-9-5-16(6-10-22-2)15(18)13-3-4-14(24-13)25(19,20)17-7-11-23-12-8-17/h3-4H,5-12H2,1-2H3. The lowest BCUT2D eigenvalue weighted by Gasteiger charge is -2.24. The maximum absolute atomic E-state index is 12.6. The van der Waals surface area contributed by atoms with Gasteiger partial charge < -0.3 is 23.5 Å². The summed E-state index contributed by atoms with van der Waals surface area (Å²) in [5.41, 5.74) is 0. The fraction of sp³-hybridized carbons (Fsp3) is 0.667. The molecule has 1 aromatic heterocycles. The van der Waals surface area contributed by atoms with E-state index < -0.39 is 15.9 Å². The lowest BCUT2D eigenvalue weighted by atomic mass is 10.3. The van der Waals surface area contributed by atoms with E-state index in [9.17, 15) is 13.2 Å². The van der Waals surface area contributed by atoms with E-state index in [1.807, 2.05) is 0 Å². The van der Waals surface area contributed by atoms with Gasteiger partial charge >= 0.3 is 0 Å². The van der Waals surface area contributed by atoms with Crippen LogP contribution in [0.1, 0.15) is 10.6 Å². The maximum atomic E-state index is 12.6. The highest BCUT2D eigenvalue weighted by atomic mass is 32.2. The van der Waals surface area contributed by atoms with Crippen LogP contribution in [-0.2, 0) is 24.2 Å². The van der Waals surface area contributed by atoms with Gasteiger partial charge in [0.25, 0.3) is 15.9 Å². The van der Waals surface area contributed by atoms with Gasteiger partial charge in [0, 0.05) is 40.4 Å². The number of nitrogens with zero attached hydrogens (tertiary/aromatic N) is 2. The lowest BCUT2D eigenvalue weighted by molar-refractivity contribution is 0.0590. The summed E-state index contributed by atoms with van der Waals surface area (Å²) in [5, 5.41) is -0.240. The van der Waals surface area contributed by atoms with Crippen LogP contribution in [0.25, 0.3) is 0 Å². The second kappa shape index (κ2) is 9.30. The van der Waals surface area contributed by atoms with E-state index in [-0.39, 0.29) is 23.9 Å². The number of hydrogen-bond donors (Lipinski definition) is 0. The van der Waals surface area contributed by atoms with E-state index in [4.69, 9.17) is 18.6 Å². The van der Waals surface area contributed by atoms with Crippen molar-refractivity contribution in [1.29, 1.82) is 0 Å². The number of carbonyl (C=O) groups excluding carboxylic acids is 1. The van der Waals surface area contributed by atoms with Crippen LogP contribution in [0.5, 0.6) is 0 Å². The second-order valence-corrected chi connectivity index (χ2v) is 7.28. The molecule has 1 aliphatic rings. The average Bonchev–Trinajstić information content (AvgIpc) is 3.13. The third kappa shape index (κ3) is 5.02. The maximum Gasteiger partial charge on any atom is 0.289 e. The van der Waals surface area contributed by atoms with Crippen molar-refractivity contribution < 1.29 is 31.8 Å². The Balaban J connectivity index is 2.13. The van der Waals surface area contributed by atoms with Gasteiger partial charge in [-0.15, -0.1) is 0 Å². The van der Waals surface area contributed by atoms with Crippen molar-refractivity contribution >= 4 is 15.9 Å². The Morgan fingerprint density at radius 3 is 2.32 bits per heavy atom. The average molecular weight is 376 g/mol. The first-order valence-corrected chi connectivity index (χ1v) is 9.39. The molecule has 2 heterocycles. The molecule has 0 N–H and O–H groups in total. The molecule has 1 amide bonds. The smallest absolute Gasteiger partial charge is 0.289 e. The highest BCUT2D eigenvalue weighted by molar-refractivity contribution is 7.89. The third-order valence-corrected chi connectivity index (χ3v) is 5.55. The fourth-order valence-corrected chi connectivity index (χ4v) is 3.68. The number of ether oxygens (including phenoxy) is 3. The van der Waals surface area contributed by atoms with Crippen LogP contribution < -0.4 is 0 Å². The molecule has 10 heteroatoms. The molecule has 2 rings (SSSR count). The molecule has 1 fully saturated rings. The zero-order valence-electron chi connectivity index (χ0n) is 14.5. The Morgan fingerprint density at radius 2 is 1.76 bits per heavy atom.